The van der Waals surface area contributed by atoms with Crippen molar-refractivity contribution in [3.05, 3.63) is 66.1 Å². The third-order valence-corrected chi connectivity index (χ3v) is 2.84. The smallest absolute Gasteiger partial charge is 0.0213 e. The van der Waals surface area contributed by atoms with Crippen molar-refractivity contribution >= 4 is 0 Å². The topological polar surface area (TPSA) is 0 Å². The molecule has 0 amide bonds. The van der Waals surface area contributed by atoms with Gasteiger partial charge in [0.05, 0.1) is 0 Å². The molecule has 2 rings (SSSR count). The molecule has 0 fully saturated rings. The Hall–Kier alpha value is -1.30. The van der Waals surface area contributed by atoms with Gasteiger partial charge >= 0.3 is 0 Å². The molecule has 0 heterocycles. The number of allylic oxidation sites excluding steroid dienone is 4. The van der Waals surface area contributed by atoms with Crippen LogP contribution in [0.2, 0.25) is 0 Å². The van der Waals surface area contributed by atoms with Gasteiger partial charge in [0.15, 0.2) is 0 Å². The molecule has 0 atom stereocenters. The fourth-order valence-electron chi connectivity index (χ4n) is 1.83. The zero-order valence-corrected chi connectivity index (χ0v) is 9.35. The maximum atomic E-state index is 2.28. The SMILES string of the molecule is CC(C)[C]1C=CC(c2ccccc2)C=C1. The molecule has 1 radical (unpaired) electrons. The van der Waals surface area contributed by atoms with Gasteiger partial charge in [-0.1, -0.05) is 68.5 Å². The summed E-state index contributed by atoms with van der Waals surface area (Å²) in [6.45, 7) is 4.46. The monoisotopic (exact) mass is 197 g/mol. The molecule has 1 aromatic carbocycles. The van der Waals surface area contributed by atoms with E-state index < -0.39 is 0 Å². The van der Waals surface area contributed by atoms with Crippen molar-refractivity contribution in [1.82, 2.24) is 0 Å². The third kappa shape index (κ3) is 2.38. The molecular formula is C15H17. The molecule has 0 aromatic heterocycles. The summed E-state index contributed by atoms with van der Waals surface area (Å²) in [5.74, 6) is 2.49. The van der Waals surface area contributed by atoms with Gasteiger partial charge in [-0.2, -0.15) is 0 Å². The molecule has 15 heavy (non-hydrogen) atoms. The van der Waals surface area contributed by atoms with Crippen LogP contribution in [0.5, 0.6) is 0 Å². The molecule has 1 aliphatic rings. The average Bonchev–Trinajstić information content (AvgIpc) is 2.30. The predicted octanol–water partition coefficient (Wildman–Crippen LogP) is 4.13. The van der Waals surface area contributed by atoms with Crippen LogP contribution in [0.4, 0.5) is 0 Å². The summed E-state index contributed by atoms with van der Waals surface area (Å²) in [6.07, 6.45) is 9.07. The van der Waals surface area contributed by atoms with Gasteiger partial charge in [0.2, 0.25) is 0 Å². The zero-order valence-electron chi connectivity index (χ0n) is 9.35. The Kier molecular flexibility index (Phi) is 3.05. The molecule has 1 aliphatic carbocycles. The van der Waals surface area contributed by atoms with Gasteiger partial charge < -0.3 is 0 Å². The normalized spacial score (nSPS) is 17.5. The van der Waals surface area contributed by atoms with Crippen molar-refractivity contribution in [3.8, 4) is 0 Å². The Morgan fingerprint density at radius 3 is 2.07 bits per heavy atom. The Bertz CT molecular complexity index is 343. The molecule has 0 saturated heterocycles. The molecule has 0 unspecified atom stereocenters. The van der Waals surface area contributed by atoms with Gasteiger partial charge in [-0.3, -0.25) is 0 Å². The number of hydrogen-bond donors (Lipinski definition) is 0. The van der Waals surface area contributed by atoms with Crippen molar-refractivity contribution in [2.75, 3.05) is 0 Å². The fraction of sp³-hybridized carbons (Fsp3) is 0.267. The summed E-state index contributed by atoms with van der Waals surface area (Å²) < 4.78 is 0. The van der Waals surface area contributed by atoms with Crippen molar-refractivity contribution in [2.45, 2.75) is 19.8 Å². The van der Waals surface area contributed by atoms with Crippen LogP contribution in [0, 0.1) is 11.8 Å². The average molecular weight is 197 g/mol. The highest BCUT2D eigenvalue weighted by molar-refractivity contribution is 5.38. The van der Waals surface area contributed by atoms with Crippen LogP contribution in [0.3, 0.4) is 0 Å². The van der Waals surface area contributed by atoms with E-state index in [1.165, 1.54) is 11.5 Å². The van der Waals surface area contributed by atoms with Crippen LogP contribution in [0.1, 0.15) is 25.3 Å². The summed E-state index contributed by atoms with van der Waals surface area (Å²) in [4.78, 5) is 0. The van der Waals surface area contributed by atoms with Crippen molar-refractivity contribution in [1.29, 1.82) is 0 Å². The first-order valence-corrected chi connectivity index (χ1v) is 5.55. The highest BCUT2D eigenvalue weighted by Crippen LogP contribution is 2.28. The molecule has 0 bridgehead atoms. The standard InChI is InChI=1S/C15H17/c1-12(2)13-8-10-15(11-9-13)14-6-4-3-5-7-14/h3-12,15H,1-2H3. The minimum Gasteiger partial charge on any atom is -0.0763 e. The van der Waals surface area contributed by atoms with Crippen LogP contribution in [-0.2, 0) is 0 Å². The maximum Gasteiger partial charge on any atom is 0.0213 e. The van der Waals surface area contributed by atoms with Crippen molar-refractivity contribution in [3.63, 3.8) is 0 Å². The summed E-state index contributed by atoms with van der Waals surface area (Å²) in [5.41, 5.74) is 1.37. The second-order valence-electron chi connectivity index (χ2n) is 4.31. The number of rotatable bonds is 2. The lowest BCUT2D eigenvalue weighted by molar-refractivity contribution is 0.722. The first kappa shape index (κ1) is 10.2. The summed E-state index contributed by atoms with van der Waals surface area (Å²) in [6, 6.07) is 10.6. The van der Waals surface area contributed by atoms with E-state index in [-0.39, 0.29) is 0 Å². The van der Waals surface area contributed by atoms with Crippen LogP contribution >= 0.6 is 0 Å². The Morgan fingerprint density at radius 2 is 1.53 bits per heavy atom. The van der Waals surface area contributed by atoms with E-state index in [1.807, 2.05) is 0 Å². The lowest BCUT2D eigenvalue weighted by atomic mass is 9.86. The Labute approximate surface area is 92.3 Å². The minimum atomic E-state index is 0.452. The van der Waals surface area contributed by atoms with Gasteiger partial charge in [0, 0.05) is 11.8 Å². The van der Waals surface area contributed by atoms with E-state index in [2.05, 4.69) is 68.5 Å². The molecule has 77 valence electrons. The van der Waals surface area contributed by atoms with E-state index in [1.54, 1.807) is 0 Å². The molecule has 0 nitrogen and oxygen atoms in total. The largest absolute Gasteiger partial charge is 0.0763 e. The molecular weight excluding hydrogens is 180 g/mol. The van der Waals surface area contributed by atoms with Crippen molar-refractivity contribution < 1.29 is 0 Å². The van der Waals surface area contributed by atoms with Gasteiger partial charge in [-0.15, -0.1) is 0 Å². The summed E-state index contributed by atoms with van der Waals surface area (Å²) in [7, 11) is 0. The zero-order chi connectivity index (χ0) is 10.7. The van der Waals surface area contributed by atoms with Gasteiger partial charge in [-0.25, -0.2) is 0 Å². The predicted molar refractivity (Wildman–Crippen MR) is 65.5 cm³/mol. The molecule has 1 aromatic rings. The van der Waals surface area contributed by atoms with Crippen LogP contribution in [0.15, 0.2) is 54.6 Å². The van der Waals surface area contributed by atoms with Gasteiger partial charge in [0.25, 0.3) is 0 Å². The summed E-state index contributed by atoms with van der Waals surface area (Å²) in [5, 5.41) is 0. The minimum absolute atomic E-state index is 0.452. The first-order valence-electron chi connectivity index (χ1n) is 5.55. The maximum absolute atomic E-state index is 2.28. The number of benzene rings is 1. The van der Waals surface area contributed by atoms with Crippen LogP contribution in [-0.4, -0.2) is 0 Å². The van der Waals surface area contributed by atoms with E-state index in [0.717, 1.165) is 0 Å². The first-order chi connectivity index (χ1) is 7.27. The van der Waals surface area contributed by atoms with E-state index in [9.17, 15) is 0 Å². The van der Waals surface area contributed by atoms with Crippen LogP contribution < -0.4 is 0 Å². The van der Waals surface area contributed by atoms with Crippen LogP contribution in [0.25, 0.3) is 0 Å². The molecule has 0 spiro atoms. The third-order valence-electron chi connectivity index (χ3n) is 2.84. The fourth-order valence-corrected chi connectivity index (χ4v) is 1.83. The second-order valence-corrected chi connectivity index (χ2v) is 4.31. The van der Waals surface area contributed by atoms with E-state index in [4.69, 9.17) is 0 Å². The molecule has 0 aliphatic heterocycles. The van der Waals surface area contributed by atoms with Gasteiger partial charge in [-0.05, 0) is 11.5 Å². The Morgan fingerprint density at radius 1 is 0.933 bits per heavy atom. The summed E-state index contributed by atoms with van der Waals surface area (Å²) >= 11 is 0. The number of hydrogen-bond acceptors (Lipinski definition) is 0. The molecule has 0 saturated carbocycles. The van der Waals surface area contributed by atoms with E-state index in [0.29, 0.717) is 11.8 Å². The highest BCUT2D eigenvalue weighted by atomic mass is 14.2. The quantitative estimate of drug-likeness (QED) is 0.668. The van der Waals surface area contributed by atoms with E-state index >= 15 is 0 Å². The van der Waals surface area contributed by atoms with Crippen molar-refractivity contribution in [2.24, 2.45) is 5.92 Å². The molecule has 0 N–H and O–H groups in total. The second kappa shape index (κ2) is 4.48. The lowest BCUT2D eigenvalue weighted by Gasteiger charge is -2.19. The Balaban J connectivity index is 2.11. The molecule has 0 heteroatoms. The van der Waals surface area contributed by atoms with Gasteiger partial charge in [0.1, 0.15) is 0 Å². The highest BCUT2D eigenvalue weighted by Gasteiger charge is 2.13. The lowest BCUT2D eigenvalue weighted by Crippen LogP contribution is -2.04.